The van der Waals surface area contributed by atoms with Gasteiger partial charge in [0.2, 0.25) is 0 Å². The van der Waals surface area contributed by atoms with Crippen molar-refractivity contribution in [2.24, 2.45) is 5.92 Å². The highest BCUT2D eigenvalue weighted by atomic mass is 35.5. The first-order chi connectivity index (χ1) is 8.99. The summed E-state index contributed by atoms with van der Waals surface area (Å²) in [7, 11) is 0. The Morgan fingerprint density at radius 3 is 2.37 bits per heavy atom. The van der Waals surface area contributed by atoms with Crippen LogP contribution in [0.2, 0.25) is 10.0 Å². The molecular formula is C13H12Cl2N2O2. The maximum atomic E-state index is 12.4. The molecule has 0 bridgehead atoms. The van der Waals surface area contributed by atoms with Gasteiger partial charge in [-0.15, -0.1) is 0 Å². The van der Waals surface area contributed by atoms with Crippen molar-refractivity contribution in [3.8, 4) is 0 Å². The number of benzene rings is 1. The third-order valence-electron chi connectivity index (χ3n) is 3.72. The van der Waals surface area contributed by atoms with Crippen molar-refractivity contribution in [2.45, 2.75) is 19.4 Å². The van der Waals surface area contributed by atoms with Crippen LogP contribution in [0, 0.1) is 5.92 Å². The minimum absolute atomic E-state index is 0.187. The number of carbonyl (C=O) groups is 2. The normalized spacial score (nSPS) is 26.3. The van der Waals surface area contributed by atoms with Gasteiger partial charge in [0.15, 0.2) is 0 Å². The van der Waals surface area contributed by atoms with Crippen molar-refractivity contribution in [3.05, 3.63) is 28.2 Å². The highest BCUT2D eigenvalue weighted by molar-refractivity contribution is 6.35. The van der Waals surface area contributed by atoms with Crippen LogP contribution in [0.1, 0.15) is 13.3 Å². The van der Waals surface area contributed by atoms with Crippen molar-refractivity contribution in [2.75, 3.05) is 11.4 Å². The fourth-order valence-corrected chi connectivity index (χ4v) is 3.31. The number of anilines is 1. The second kappa shape index (κ2) is 4.39. The molecule has 0 saturated carbocycles. The first kappa shape index (κ1) is 12.8. The molecule has 6 heteroatoms. The Balaban J connectivity index is 2.02. The molecule has 3 rings (SSSR count). The molecule has 0 N–H and O–H groups in total. The molecule has 19 heavy (non-hydrogen) atoms. The van der Waals surface area contributed by atoms with E-state index < -0.39 is 0 Å². The van der Waals surface area contributed by atoms with Gasteiger partial charge in [-0.1, -0.05) is 30.1 Å². The summed E-state index contributed by atoms with van der Waals surface area (Å²) in [5, 5.41) is 0.811. The van der Waals surface area contributed by atoms with Gasteiger partial charge in [-0.3, -0.25) is 4.79 Å². The van der Waals surface area contributed by atoms with Crippen LogP contribution in [-0.4, -0.2) is 29.4 Å². The number of halogens is 2. The summed E-state index contributed by atoms with van der Waals surface area (Å²) in [6, 6.07) is 4.11. The average Bonchev–Trinajstić information content (AvgIpc) is 2.80. The van der Waals surface area contributed by atoms with Crippen LogP contribution in [0.25, 0.3) is 0 Å². The molecule has 1 aromatic carbocycles. The summed E-state index contributed by atoms with van der Waals surface area (Å²) in [4.78, 5) is 27.5. The van der Waals surface area contributed by atoms with Crippen molar-refractivity contribution >= 4 is 40.8 Å². The van der Waals surface area contributed by atoms with E-state index in [9.17, 15) is 9.59 Å². The summed E-state index contributed by atoms with van der Waals surface area (Å²) < 4.78 is 0. The van der Waals surface area contributed by atoms with Gasteiger partial charge in [-0.25, -0.2) is 9.69 Å². The van der Waals surface area contributed by atoms with E-state index in [0.29, 0.717) is 22.3 Å². The lowest BCUT2D eigenvalue weighted by molar-refractivity contribution is -0.120. The number of nitrogens with zero attached hydrogens (tertiary/aromatic N) is 2. The van der Waals surface area contributed by atoms with Crippen LogP contribution in [0.3, 0.4) is 0 Å². The Morgan fingerprint density at radius 1 is 1.16 bits per heavy atom. The third kappa shape index (κ3) is 1.90. The Morgan fingerprint density at radius 2 is 1.79 bits per heavy atom. The van der Waals surface area contributed by atoms with E-state index in [0.717, 1.165) is 6.42 Å². The second-order valence-electron chi connectivity index (χ2n) is 4.99. The Kier molecular flexibility index (Phi) is 2.95. The van der Waals surface area contributed by atoms with E-state index in [1.54, 1.807) is 23.1 Å². The zero-order valence-corrected chi connectivity index (χ0v) is 11.8. The van der Waals surface area contributed by atoms with E-state index in [2.05, 4.69) is 0 Å². The Hall–Kier alpha value is -1.26. The van der Waals surface area contributed by atoms with Crippen molar-refractivity contribution in [1.29, 1.82) is 0 Å². The van der Waals surface area contributed by atoms with Crippen molar-refractivity contribution in [1.82, 2.24) is 4.90 Å². The molecule has 1 aromatic rings. The maximum Gasteiger partial charge on any atom is 0.332 e. The fraction of sp³-hybridized carbons (Fsp3) is 0.385. The van der Waals surface area contributed by atoms with Gasteiger partial charge in [-0.2, -0.15) is 0 Å². The Labute approximate surface area is 120 Å². The standard InChI is InChI=1S/C13H12Cl2N2O2/c1-7-2-3-16-11(7)12(18)17(13(16)19)10-5-8(14)4-9(15)6-10/h4-7,11H,2-3H2,1H3. The fourth-order valence-electron chi connectivity index (χ4n) is 2.80. The molecule has 2 aliphatic heterocycles. The topological polar surface area (TPSA) is 40.6 Å². The maximum absolute atomic E-state index is 12.4. The van der Waals surface area contributed by atoms with Gasteiger partial charge in [0.1, 0.15) is 6.04 Å². The second-order valence-corrected chi connectivity index (χ2v) is 5.86. The zero-order chi connectivity index (χ0) is 13.7. The lowest BCUT2D eigenvalue weighted by Crippen LogP contribution is -2.33. The molecule has 0 radical (unpaired) electrons. The summed E-state index contributed by atoms with van der Waals surface area (Å²) in [6.07, 6.45) is 0.867. The SMILES string of the molecule is CC1CCN2C(=O)N(c3cc(Cl)cc(Cl)c3)C(=O)C12. The van der Waals surface area contributed by atoms with Crippen LogP contribution < -0.4 is 4.90 Å². The molecular weight excluding hydrogens is 287 g/mol. The van der Waals surface area contributed by atoms with Crippen LogP contribution >= 0.6 is 23.2 Å². The van der Waals surface area contributed by atoms with Gasteiger partial charge >= 0.3 is 6.03 Å². The molecule has 100 valence electrons. The molecule has 0 aromatic heterocycles. The lowest BCUT2D eigenvalue weighted by atomic mass is 10.0. The monoisotopic (exact) mass is 298 g/mol. The zero-order valence-electron chi connectivity index (χ0n) is 10.3. The van der Waals surface area contributed by atoms with Gasteiger partial charge in [-0.05, 0) is 30.5 Å². The van der Waals surface area contributed by atoms with Crippen LogP contribution in [0.5, 0.6) is 0 Å². The molecule has 2 fully saturated rings. The first-order valence-electron chi connectivity index (χ1n) is 6.09. The summed E-state index contributed by atoms with van der Waals surface area (Å²) in [5.74, 6) is 0.00411. The number of imide groups is 1. The first-order valence-corrected chi connectivity index (χ1v) is 6.85. The molecule has 2 saturated heterocycles. The Bertz CT molecular complexity index is 556. The van der Waals surface area contributed by atoms with Gasteiger partial charge < -0.3 is 4.90 Å². The minimum atomic E-state index is -0.342. The largest absolute Gasteiger partial charge is 0.332 e. The third-order valence-corrected chi connectivity index (χ3v) is 4.15. The van der Waals surface area contributed by atoms with Crippen LogP contribution in [-0.2, 0) is 4.79 Å². The van der Waals surface area contributed by atoms with E-state index >= 15 is 0 Å². The number of amides is 3. The number of carbonyl (C=O) groups excluding carboxylic acids is 2. The van der Waals surface area contributed by atoms with E-state index in [-0.39, 0.29) is 23.9 Å². The minimum Gasteiger partial charge on any atom is -0.312 e. The molecule has 2 heterocycles. The smallest absolute Gasteiger partial charge is 0.312 e. The summed E-state index contributed by atoms with van der Waals surface area (Å²) >= 11 is 11.9. The number of fused-ring (bicyclic) bond motifs is 1. The molecule has 2 unspecified atom stereocenters. The average molecular weight is 299 g/mol. The van der Waals surface area contributed by atoms with Gasteiger partial charge in [0.05, 0.1) is 5.69 Å². The van der Waals surface area contributed by atoms with Crippen LogP contribution in [0.4, 0.5) is 10.5 Å². The molecule has 0 spiro atoms. The summed E-state index contributed by atoms with van der Waals surface area (Å²) in [6.45, 7) is 2.62. The van der Waals surface area contributed by atoms with Crippen LogP contribution in [0.15, 0.2) is 18.2 Å². The van der Waals surface area contributed by atoms with Gasteiger partial charge in [0, 0.05) is 16.6 Å². The predicted octanol–water partition coefficient (Wildman–Crippen LogP) is 3.17. The highest BCUT2D eigenvalue weighted by Crippen LogP contribution is 2.36. The molecule has 0 aliphatic carbocycles. The molecule has 2 atom stereocenters. The van der Waals surface area contributed by atoms with Gasteiger partial charge in [0.25, 0.3) is 5.91 Å². The number of hydrogen-bond donors (Lipinski definition) is 0. The number of urea groups is 1. The molecule has 2 aliphatic rings. The molecule has 4 nitrogen and oxygen atoms in total. The predicted molar refractivity (Wildman–Crippen MR) is 73.6 cm³/mol. The van der Waals surface area contributed by atoms with Crippen molar-refractivity contribution in [3.63, 3.8) is 0 Å². The molecule has 3 amide bonds. The van der Waals surface area contributed by atoms with E-state index in [1.165, 1.54) is 4.90 Å². The lowest BCUT2D eigenvalue weighted by Gasteiger charge is -2.16. The van der Waals surface area contributed by atoms with E-state index in [1.807, 2.05) is 6.92 Å². The highest BCUT2D eigenvalue weighted by Gasteiger charge is 2.51. The quantitative estimate of drug-likeness (QED) is 0.747. The number of rotatable bonds is 1. The number of hydrogen-bond acceptors (Lipinski definition) is 2. The van der Waals surface area contributed by atoms with Crippen molar-refractivity contribution < 1.29 is 9.59 Å². The van der Waals surface area contributed by atoms with E-state index in [4.69, 9.17) is 23.2 Å². The summed E-state index contributed by atoms with van der Waals surface area (Å²) in [5.41, 5.74) is 0.439.